The molecule has 1 aromatic rings. The molecule has 1 amide bonds. The predicted molar refractivity (Wildman–Crippen MR) is 81.1 cm³/mol. The summed E-state index contributed by atoms with van der Waals surface area (Å²) in [5.74, 6) is -1.16. The van der Waals surface area contributed by atoms with Crippen molar-refractivity contribution < 1.29 is 13.6 Å². The molecule has 6 heteroatoms. The molecular weight excluding hydrogens is 288 g/mol. The van der Waals surface area contributed by atoms with Crippen molar-refractivity contribution in [1.29, 1.82) is 0 Å². The minimum absolute atomic E-state index is 0.0511. The number of likely N-dealkylation sites (tertiary alicyclic amines) is 1. The highest BCUT2D eigenvalue weighted by Crippen LogP contribution is 2.20. The van der Waals surface area contributed by atoms with Crippen LogP contribution in [0.15, 0.2) is 18.2 Å². The lowest BCUT2D eigenvalue weighted by molar-refractivity contribution is -0.121. The molecule has 1 atom stereocenters. The Bertz CT molecular complexity index is 490. The van der Waals surface area contributed by atoms with Crippen molar-refractivity contribution in [1.82, 2.24) is 10.2 Å². The zero-order valence-electron chi connectivity index (χ0n) is 12.7. The molecule has 0 saturated carbocycles. The summed E-state index contributed by atoms with van der Waals surface area (Å²) in [4.78, 5) is 13.7. The zero-order chi connectivity index (χ0) is 15.9. The number of halogens is 2. The SMILES string of the molecule is NCCC(=O)NCC1CCCCN1Cc1cc(F)cc(F)c1. The van der Waals surface area contributed by atoms with Gasteiger partial charge >= 0.3 is 0 Å². The standard InChI is InChI=1S/C16H23F2N3O/c17-13-7-12(8-14(18)9-13)11-21-6-2-1-3-15(21)10-20-16(22)4-5-19/h7-9,15H,1-6,10-11,19H2,(H,20,22). The van der Waals surface area contributed by atoms with Crippen LogP contribution in [0.25, 0.3) is 0 Å². The molecule has 0 aliphatic carbocycles. The summed E-state index contributed by atoms with van der Waals surface area (Å²) < 4.78 is 26.6. The van der Waals surface area contributed by atoms with Gasteiger partial charge in [-0.2, -0.15) is 0 Å². The Labute approximate surface area is 129 Å². The van der Waals surface area contributed by atoms with Gasteiger partial charge in [-0.05, 0) is 37.1 Å². The summed E-state index contributed by atoms with van der Waals surface area (Å²) in [6.07, 6.45) is 3.46. The van der Waals surface area contributed by atoms with Gasteiger partial charge in [-0.3, -0.25) is 9.69 Å². The normalized spacial score (nSPS) is 19.1. The molecule has 1 aliphatic rings. The van der Waals surface area contributed by atoms with Crippen molar-refractivity contribution in [2.75, 3.05) is 19.6 Å². The van der Waals surface area contributed by atoms with E-state index >= 15 is 0 Å². The molecule has 0 spiro atoms. The summed E-state index contributed by atoms with van der Waals surface area (Å²) >= 11 is 0. The molecule has 122 valence electrons. The van der Waals surface area contributed by atoms with Crippen LogP contribution >= 0.6 is 0 Å². The van der Waals surface area contributed by atoms with Crippen LogP contribution in [0.5, 0.6) is 0 Å². The number of carbonyl (C=O) groups is 1. The lowest BCUT2D eigenvalue weighted by Crippen LogP contribution is -2.46. The van der Waals surface area contributed by atoms with Crippen molar-refractivity contribution in [2.24, 2.45) is 5.73 Å². The second-order valence-corrected chi connectivity index (χ2v) is 5.74. The molecule has 3 N–H and O–H groups in total. The van der Waals surface area contributed by atoms with Crippen molar-refractivity contribution in [3.05, 3.63) is 35.4 Å². The Morgan fingerprint density at radius 3 is 2.68 bits per heavy atom. The Kier molecular flexibility index (Phi) is 6.27. The van der Waals surface area contributed by atoms with Crippen LogP contribution < -0.4 is 11.1 Å². The largest absolute Gasteiger partial charge is 0.354 e. The fraction of sp³-hybridized carbons (Fsp3) is 0.562. The molecule has 1 aromatic carbocycles. The van der Waals surface area contributed by atoms with Crippen LogP contribution in [0.1, 0.15) is 31.2 Å². The molecule has 4 nitrogen and oxygen atoms in total. The summed E-state index contributed by atoms with van der Waals surface area (Å²) in [5.41, 5.74) is 5.98. The molecule has 22 heavy (non-hydrogen) atoms. The van der Waals surface area contributed by atoms with E-state index in [1.54, 1.807) is 0 Å². The monoisotopic (exact) mass is 311 g/mol. The van der Waals surface area contributed by atoms with Crippen molar-refractivity contribution in [2.45, 2.75) is 38.3 Å². The van der Waals surface area contributed by atoms with E-state index in [9.17, 15) is 13.6 Å². The minimum Gasteiger partial charge on any atom is -0.354 e. The van der Waals surface area contributed by atoms with Crippen LogP contribution in [0, 0.1) is 11.6 Å². The molecule has 0 radical (unpaired) electrons. The first-order valence-corrected chi connectivity index (χ1v) is 7.74. The van der Waals surface area contributed by atoms with E-state index < -0.39 is 11.6 Å². The summed E-state index contributed by atoms with van der Waals surface area (Å²) in [7, 11) is 0. The van der Waals surface area contributed by atoms with E-state index in [2.05, 4.69) is 10.2 Å². The fourth-order valence-electron chi connectivity index (χ4n) is 2.89. The van der Waals surface area contributed by atoms with Crippen LogP contribution in [0.3, 0.4) is 0 Å². The minimum atomic E-state index is -0.556. The van der Waals surface area contributed by atoms with E-state index in [4.69, 9.17) is 5.73 Å². The number of hydrogen-bond donors (Lipinski definition) is 2. The predicted octanol–water partition coefficient (Wildman–Crippen LogP) is 1.78. The highest BCUT2D eigenvalue weighted by Gasteiger charge is 2.23. The lowest BCUT2D eigenvalue weighted by Gasteiger charge is -2.36. The number of benzene rings is 1. The highest BCUT2D eigenvalue weighted by atomic mass is 19.1. The topological polar surface area (TPSA) is 58.4 Å². The van der Waals surface area contributed by atoms with E-state index in [1.807, 2.05) is 0 Å². The summed E-state index contributed by atoms with van der Waals surface area (Å²) in [6.45, 7) is 2.25. The lowest BCUT2D eigenvalue weighted by atomic mass is 10.0. The zero-order valence-corrected chi connectivity index (χ0v) is 12.7. The van der Waals surface area contributed by atoms with Gasteiger partial charge in [0.2, 0.25) is 5.91 Å². The number of nitrogens with zero attached hydrogens (tertiary/aromatic N) is 1. The third kappa shape index (κ3) is 5.03. The van der Waals surface area contributed by atoms with E-state index in [0.29, 0.717) is 31.6 Å². The molecule has 2 rings (SSSR count). The first kappa shape index (κ1) is 16.8. The van der Waals surface area contributed by atoms with Crippen LogP contribution in [-0.4, -0.2) is 36.5 Å². The van der Waals surface area contributed by atoms with Gasteiger partial charge in [-0.15, -0.1) is 0 Å². The third-order valence-corrected chi connectivity index (χ3v) is 3.96. The number of nitrogens with one attached hydrogen (secondary N) is 1. The molecule has 1 heterocycles. The molecule has 1 fully saturated rings. The molecule has 1 unspecified atom stereocenters. The summed E-state index contributed by atoms with van der Waals surface area (Å²) in [5, 5.41) is 2.88. The molecular formula is C16H23F2N3O. The Morgan fingerprint density at radius 1 is 1.27 bits per heavy atom. The van der Waals surface area contributed by atoms with Gasteiger partial charge in [0.25, 0.3) is 0 Å². The van der Waals surface area contributed by atoms with Gasteiger partial charge in [0.1, 0.15) is 11.6 Å². The summed E-state index contributed by atoms with van der Waals surface area (Å²) in [6, 6.07) is 3.80. The number of piperidine rings is 1. The molecule has 1 saturated heterocycles. The van der Waals surface area contributed by atoms with E-state index in [1.165, 1.54) is 12.1 Å². The number of rotatable bonds is 6. The number of hydrogen-bond acceptors (Lipinski definition) is 3. The third-order valence-electron chi connectivity index (χ3n) is 3.96. The maximum absolute atomic E-state index is 13.3. The van der Waals surface area contributed by atoms with Gasteiger partial charge in [-0.25, -0.2) is 8.78 Å². The Hall–Kier alpha value is -1.53. The fourth-order valence-corrected chi connectivity index (χ4v) is 2.89. The van der Waals surface area contributed by atoms with Crippen molar-refractivity contribution in [3.8, 4) is 0 Å². The maximum Gasteiger partial charge on any atom is 0.221 e. The number of nitrogens with two attached hydrogens (primary N) is 1. The quantitative estimate of drug-likeness (QED) is 0.842. The van der Waals surface area contributed by atoms with Crippen LogP contribution in [0.2, 0.25) is 0 Å². The van der Waals surface area contributed by atoms with Gasteiger partial charge in [0.15, 0.2) is 0 Å². The van der Waals surface area contributed by atoms with E-state index in [0.717, 1.165) is 31.9 Å². The average Bonchev–Trinajstić information content (AvgIpc) is 2.45. The highest BCUT2D eigenvalue weighted by molar-refractivity contribution is 5.76. The maximum atomic E-state index is 13.3. The Balaban J connectivity index is 1.95. The Morgan fingerprint density at radius 2 is 2.00 bits per heavy atom. The van der Waals surface area contributed by atoms with Gasteiger partial charge in [0, 0.05) is 38.2 Å². The van der Waals surface area contributed by atoms with Crippen LogP contribution in [0.4, 0.5) is 8.78 Å². The molecule has 0 aromatic heterocycles. The van der Waals surface area contributed by atoms with Crippen LogP contribution in [-0.2, 0) is 11.3 Å². The molecule has 0 bridgehead atoms. The first-order valence-electron chi connectivity index (χ1n) is 7.74. The smallest absolute Gasteiger partial charge is 0.221 e. The van der Waals surface area contributed by atoms with Crippen molar-refractivity contribution in [3.63, 3.8) is 0 Å². The second kappa shape index (κ2) is 8.19. The van der Waals surface area contributed by atoms with Gasteiger partial charge < -0.3 is 11.1 Å². The number of carbonyl (C=O) groups excluding carboxylic acids is 1. The van der Waals surface area contributed by atoms with Gasteiger partial charge in [0.05, 0.1) is 0 Å². The number of amides is 1. The average molecular weight is 311 g/mol. The molecule has 1 aliphatic heterocycles. The first-order chi connectivity index (χ1) is 10.6. The van der Waals surface area contributed by atoms with Gasteiger partial charge in [-0.1, -0.05) is 6.42 Å². The second-order valence-electron chi connectivity index (χ2n) is 5.74. The van der Waals surface area contributed by atoms with E-state index in [-0.39, 0.29) is 11.9 Å². The van der Waals surface area contributed by atoms with Crippen molar-refractivity contribution >= 4 is 5.91 Å².